The second-order valence-corrected chi connectivity index (χ2v) is 7.07. The number of rotatable bonds is 5. The zero-order valence-corrected chi connectivity index (χ0v) is 16.7. The maximum atomic E-state index is 13.3. The molecule has 0 saturated carbocycles. The smallest absolute Gasteiger partial charge is 0.259 e. The van der Waals surface area contributed by atoms with Crippen LogP contribution in [0.25, 0.3) is 16.9 Å². The quantitative estimate of drug-likeness (QED) is 0.509. The zero-order chi connectivity index (χ0) is 22.0. The maximum Gasteiger partial charge on any atom is 0.259 e. The lowest BCUT2D eigenvalue weighted by molar-refractivity contribution is 0.0998. The first kappa shape index (κ1) is 20.0. The van der Waals surface area contributed by atoms with Crippen LogP contribution in [0.5, 0.6) is 0 Å². The molecule has 7 heteroatoms. The fraction of sp³-hybridized carbons (Fsp3) is 0.0417. The van der Waals surface area contributed by atoms with Crippen LogP contribution in [-0.2, 0) is 0 Å². The van der Waals surface area contributed by atoms with Gasteiger partial charge in [0.1, 0.15) is 11.5 Å². The van der Waals surface area contributed by atoms with E-state index >= 15 is 0 Å². The van der Waals surface area contributed by atoms with Crippen molar-refractivity contribution in [3.8, 4) is 16.9 Å². The second kappa shape index (κ2) is 8.23. The number of carbonyl (C=O) groups excluding carboxylic acids is 2. The molecule has 0 spiro atoms. The van der Waals surface area contributed by atoms with Crippen LogP contribution in [0.15, 0.2) is 79.0 Å². The number of anilines is 1. The fourth-order valence-electron chi connectivity index (χ4n) is 3.11. The molecule has 2 amide bonds. The molecule has 0 aliphatic carbocycles. The van der Waals surface area contributed by atoms with Crippen molar-refractivity contribution in [3.63, 3.8) is 0 Å². The van der Waals surface area contributed by atoms with E-state index < -0.39 is 5.91 Å². The van der Waals surface area contributed by atoms with E-state index in [1.54, 1.807) is 47.3 Å². The maximum absolute atomic E-state index is 13.3. The summed E-state index contributed by atoms with van der Waals surface area (Å²) in [6, 6.07) is 19.8. The van der Waals surface area contributed by atoms with Gasteiger partial charge in [-0.3, -0.25) is 9.59 Å². The van der Waals surface area contributed by atoms with Crippen LogP contribution in [0.3, 0.4) is 0 Å². The Morgan fingerprint density at radius 2 is 1.58 bits per heavy atom. The minimum atomic E-state index is -0.542. The van der Waals surface area contributed by atoms with Crippen molar-refractivity contribution in [1.82, 2.24) is 9.78 Å². The van der Waals surface area contributed by atoms with Gasteiger partial charge in [0.05, 0.1) is 11.3 Å². The number of hydrogen-bond donors (Lipinski definition) is 2. The zero-order valence-electron chi connectivity index (χ0n) is 16.7. The average Bonchev–Trinajstić information content (AvgIpc) is 3.21. The fourth-order valence-corrected chi connectivity index (χ4v) is 3.11. The molecule has 4 rings (SSSR count). The largest absolute Gasteiger partial charge is 0.366 e. The Morgan fingerprint density at radius 1 is 0.935 bits per heavy atom. The molecule has 0 bridgehead atoms. The number of aromatic nitrogens is 2. The summed E-state index contributed by atoms with van der Waals surface area (Å²) >= 11 is 0. The summed E-state index contributed by atoms with van der Waals surface area (Å²) in [4.78, 5) is 24.3. The van der Waals surface area contributed by atoms with E-state index in [2.05, 4.69) is 10.4 Å². The Morgan fingerprint density at radius 3 is 2.19 bits per heavy atom. The van der Waals surface area contributed by atoms with Crippen molar-refractivity contribution in [2.24, 2.45) is 5.73 Å². The highest BCUT2D eigenvalue weighted by Gasteiger charge is 2.19. The van der Waals surface area contributed by atoms with Gasteiger partial charge in [0.25, 0.3) is 5.91 Å². The van der Waals surface area contributed by atoms with E-state index in [0.29, 0.717) is 28.2 Å². The van der Waals surface area contributed by atoms with Crippen LogP contribution in [0.2, 0.25) is 0 Å². The van der Waals surface area contributed by atoms with Gasteiger partial charge in [-0.1, -0.05) is 29.8 Å². The van der Waals surface area contributed by atoms with Crippen LogP contribution >= 0.6 is 0 Å². The highest BCUT2D eigenvalue weighted by atomic mass is 19.1. The lowest BCUT2D eigenvalue weighted by Gasteiger charge is -2.06. The van der Waals surface area contributed by atoms with Gasteiger partial charge >= 0.3 is 0 Å². The number of nitrogens with one attached hydrogen (secondary N) is 1. The molecule has 1 aromatic heterocycles. The van der Waals surface area contributed by atoms with E-state index in [1.165, 1.54) is 12.1 Å². The monoisotopic (exact) mass is 414 g/mol. The standard InChI is InChI=1S/C24H19FN4O2/c1-15-2-4-16(5-3-15)22-21(14-29(28-22)20-12-8-18(25)9-13-20)24(31)27-19-10-6-17(7-11-19)23(26)30/h2-14H,1H3,(H2,26,30)(H,27,31). The molecule has 0 saturated heterocycles. The summed E-state index contributed by atoms with van der Waals surface area (Å²) in [6.45, 7) is 1.98. The number of aryl methyl sites for hydroxylation is 1. The number of nitrogens with two attached hydrogens (primary N) is 1. The van der Waals surface area contributed by atoms with Crippen molar-refractivity contribution in [2.45, 2.75) is 6.92 Å². The van der Waals surface area contributed by atoms with Crippen LogP contribution in [0, 0.1) is 12.7 Å². The number of halogens is 1. The van der Waals surface area contributed by atoms with Crippen molar-refractivity contribution in [1.29, 1.82) is 0 Å². The Balaban J connectivity index is 1.71. The summed E-state index contributed by atoms with van der Waals surface area (Å²) < 4.78 is 14.9. The van der Waals surface area contributed by atoms with Crippen molar-refractivity contribution < 1.29 is 14.0 Å². The number of hydrogen-bond acceptors (Lipinski definition) is 3. The van der Waals surface area contributed by atoms with E-state index in [-0.39, 0.29) is 11.7 Å². The molecule has 4 aromatic rings. The normalized spacial score (nSPS) is 10.6. The predicted molar refractivity (Wildman–Crippen MR) is 117 cm³/mol. The van der Waals surface area contributed by atoms with Crippen LogP contribution in [0.1, 0.15) is 26.3 Å². The molecule has 31 heavy (non-hydrogen) atoms. The molecule has 154 valence electrons. The Labute approximate surface area is 178 Å². The predicted octanol–water partition coefficient (Wildman–Crippen LogP) is 4.34. The van der Waals surface area contributed by atoms with Crippen LogP contribution in [-0.4, -0.2) is 21.6 Å². The molecule has 0 aliphatic heterocycles. The molecule has 3 N–H and O–H groups in total. The molecular formula is C24H19FN4O2. The van der Waals surface area contributed by atoms with Crippen LogP contribution in [0.4, 0.5) is 10.1 Å². The van der Waals surface area contributed by atoms with E-state index in [4.69, 9.17) is 5.73 Å². The third kappa shape index (κ3) is 4.35. The number of carbonyl (C=O) groups is 2. The minimum Gasteiger partial charge on any atom is -0.366 e. The second-order valence-electron chi connectivity index (χ2n) is 7.07. The Kier molecular flexibility index (Phi) is 5.32. The summed E-state index contributed by atoms with van der Waals surface area (Å²) in [6.07, 6.45) is 1.61. The highest BCUT2D eigenvalue weighted by Crippen LogP contribution is 2.25. The lowest BCUT2D eigenvalue weighted by Crippen LogP contribution is -2.13. The first-order chi connectivity index (χ1) is 14.9. The molecule has 0 atom stereocenters. The van der Waals surface area contributed by atoms with Gasteiger partial charge in [-0.05, 0) is 55.5 Å². The van der Waals surface area contributed by atoms with Gasteiger partial charge in [-0.2, -0.15) is 5.10 Å². The van der Waals surface area contributed by atoms with Gasteiger partial charge in [0.2, 0.25) is 5.91 Å². The third-order valence-electron chi connectivity index (χ3n) is 4.80. The number of primary amides is 1. The van der Waals surface area contributed by atoms with E-state index in [1.807, 2.05) is 31.2 Å². The van der Waals surface area contributed by atoms with E-state index in [9.17, 15) is 14.0 Å². The molecule has 6 nitrogen and oxygen atoms in total. The molecule has 0 unspecified atom stereocenters. The molecule has 0 radical (unpaired) electrons. The molecular weight excluding hydrogens is 395 g/mol. The van der Waals surface area contributed by atoms with Crippen molar-refractivity contribution in [2.75, 3.05) is 5.32 Å². The summed E-state index contributed by atoms with van der Waals surface area (Å²) in [5.41, 5.74) is 9.46. The summed E-state index contributed by atoms with van der Waals surface area (Å²) in [5.74, 6) is -1.26. The van der Waals surface area contributed by atoms with Gasteiger partial charge in [0, 0.05) is 23.0 Å². The molecule has 3 aromatic carbocycles. The first-order valence-corrected chi connectivity index (χ1v) is 9.54. The Bertz CT molecular complexity index is 1240. The van der Waals surface area contributed by atoms with Gasteiger partial charge < -0.3 is 11.1 Å². The van der Waals surface area contributed by atoms with Crippen molar-refractivity contribution in [3.05, 3.63) is 102 Å². The van der Waals surface area contributed by atoms with Gasteiger partial charge in [0.15, 0.2) is 0 Å². The topological polar surface area (TPSA) is 90.0 Å². The third-order valence-corrected chi connectivity index (χ3v) is 4.80. The minimum absolute atomic E-state index is 0.350. The molecule has 0 aliphatic rings. The Hall–Kier alpha value is -4.26. The van der Waals surface area contributed by atoms with Gasteiger partial charge in [-0.25, -0.2) is 9.07 Å². The van der Waals surface area contributed by atoms with E-state index in [0.717, 1.165) is 11.1 Å². The average molecular weight is 414 g/mol. The number of nitrogens with zero attached hydrogens (tertiary/aromatic N) is 2. The first-order valence-electron chi connectivity index (χ1n) is 9.54. The van der Waals surface area contributed by atoms with Crippen LogP contribution < -0.4 is 11.1 Å². The summed E-state index contributed by atoms with van der Waals surface area (Å²) in [7, 11) is 0. The number of amides is 2. The lowest BCUT2D eigenvalue weighted by atomic mass is 10.1. The number of benzene rings is 3. The highest BCUT2D eigenvalue weighted by molar-refractivity contribution is 6.08. The SMILES string of the molecule is Cc1ccc(-c2nn(-c3ccc(F)cc3)cc2C(=O)Nc2ccc(C(N)=O)cc2)cc1. The molecule has 0 fully saturated rings. The molecule has 1 heterocycles. The van der Waals surface area contributed by atoms with Crippen molar-refractivity contribution >= 4 is 17.5 Å². The summed E-state index contributed by atoms with van der Waals surface area (Å²) in [5, 5.41) is 7.40. The van der Waals surface area contributed by atoms with Gasteiger partial charge in [-0.15, -0.1) is 0 Å².